The van der Waals surface area contributed by atoms with E-state index in [9.17, 15) is 20.3 Å². The Hall–Kier alpha value is -1.67. The van der Waals surface area contributed by atoms with Crippen LogP contribution in [0.4, 0.5) is 5.69 Å². The topological polar surface area (TPSA) is 95.6 Å². The fraction of sp³-hybridized carbons (Fsp3) is 0.231. The Kier molecular flexibility index (Phi) is 5.13. The third kappa shape index (κ3) is 4.15. The van der Waals surface area contributed by atoms with E-state index in [0.717, 1.165) is 4.88 Å². The molecule has 6 nitrogen and oxygen atoms in total. The van der Waals surface area contributed by atoms with E-state index in [1.54, 1.807) is 12.1 Å². The maximum absolute atomic E-state index is 10.7. The number of rotatable bonds is 6. The molecule has 0 amide bonds. The van der Waals surface area contributed by atoms with Crippen molar-refractivity contribution in [2.24, 2.45) is 0 Å². The molecule has 21 heavy (non-hydrogen) atoms. The summed E-state index contributed by atoms with van der Waals surface area (Å²) in [5.74, 6) is -0.0262. The number of aliphatic hydroxyl groups is 1. The number of aromatic hydroxyl groups is 1. The highest BCUT2D eigenvalue weighted by atomic mass is 35.5. The van der Waals surface area contributed by atoms with Crippen molar-refractivity contribution in [3.05, 3.63) is 55.2 Å². The van der Waals surface area contributed by atoms with Gasteiger partial charge in [0.2, 0.25) is 0 Å². The summed E-state index contributed by atoms with van der Waals surface area (Å²) in [7, 11) is 0. The highest BCUT2D eigenvalue weighted by Gasteiger charge is 2.12. The second kappa shape index (κ2) is 6.86. The molecular weight excluding hydrogens is 316 g/mol. The molecule has 2 rings (SSSR count). The van der Waals surface area contributed by atoms with Gasteiger partial charge in [0.15, 0.2) is 0 Å². The molecule has 0 fully saturated rings. The first-order chi connectivity index (χ1) is 9.97. The largest absolute Gasteiger partial charge is 0.508 e. The summed E-state index contributed by atoms with van der Waals surface area (Å²) in [6, 6.07) is 7.27. The van der Waals surface area contributed by atoms with Crippen molar-refractivity contribution < 1.29 is 15.1 Å². The van der Waals surface area contributed by atoms with Crippen molar-refractivity contribution in [3.63, 3.8) is 0 Å². The molecule has 0 saturated heterocycles. The number of thiophene rings is 1. The SMILES string of the molecule is O=[N+]([O-])c1ccc(O)c(CNCC(O)c2ccc(Cl)s2)c1. The molecule has 1 atom stereocenters. The summed E-state index contributed by atoms with van der Waals surface area (Å²) in [6.07, 6.45) is -0.719. The molecule has 1 aromatic carbocycles. The van der Waals surface area contributed by atoms with Gasteiger partial charge >= 0.3 is 0 Å². The molecule has 2 aromatic rings. The van der Waals surface area contributed by atoms with Crippen LogP contribution < -0.4 is 5.32 Å². The molecule has 8 heteroatoms. The van der Waals surface area contributed by atoms with Gasteiger partial charge in [0, 0.05) is 35.7 Å². The Bertz CT molecular complexity index is 647. The van der Waals surface area contributed by atoms with Gasteiger partial charge in [-0.1, -0.05) is 11.6 Å². The van der Waals surface area contributed by atoms with Crippen LogP contribution in [0, 0.1) is 10.1 Å². The summed E-state index contributed by atoms with van der Waals surface area (Å²) in [6.45, 7) is 0.461. The zero-order valence-corrected chi connectivity index (χ0v) is 12.4. The standard InChI is InChI=1S/C13H13ClN2O4S/c14-13-4-3-12(21-13)11(18)7-15-6-8-5-9(16(19)20)1-2-10(8)17/h1-5,11,15,17-18H,6-7H2. The Balaban J connectivity index is 1.94. The van der Waals surface area contributed by atoms with E-state index in [-0.39, 0.29) is 24.5 Å². The van der Waals surface area contributed by atoms with Crippen LogP contribution in [0.15, 0.2) is 30.3 Å². The van der Waals surface area contributed by atoms with Crippen molar-refractivity contribution in [1.29, 1.82) is 0 Å². The minimum Gasteiger partial charge on any atom is -0.508 e. The average molecular weight is 329 g/mol. The first-order valence-corrected chi connectivity index (χ1v) is 7.27. The molecule has 0 spiro atoms. The monoisotopic (exact) mass is 328 g/mol. The number of nitrogens with zero attached hydrogens (tertiary/aromatic N) is 1. The highest BCUT2D eigenvalue weighted by molar-refractivity contribution is 7.16. The van der Waals surface area contributed by atoms with Crippen LogP contribution in [-0.4, -0.2) is 21.7 Å². The lowest BCUT2D eigenvalue weighted by Crippen LogP contribution is -2.20. The Morgan fingerprint density at radius 2 is 2.14 bits per heavy atom. The Morgan fingerprint density at radius 3 is 2.76 bits per heavy atom. The number of phenols is 1. The molecular formula is C13H13ClN2O4S. The van der Waals surface area contributed by atoms with E-state index in [0.29, 0.717) is 9.90 Å². The van der Waals surface area contributed by atoms with E-state index in [4.69, 9.17) is 11.6 Å². The number of phenolic OH excluding ortho intramolecular Hbond substituents is 1. The minimum atomic E-state index is -0.719. The van der Waals surface area contributed by atoms with E-state index in [2.05, 4.69) is 5.32 Å². The number of hydrogen-bond acceptors (Lipinski definition) is 6. The predicted octanol–water partition coefficient (Wildman–Crippen LogP) is 2.84. The van der Waals surface area contributed by atoms with Crippen molar-refractivity contribution in [2.75, 3.05) is 6.54 Å². The van der Waals surface area contributed by atoms with Gasteiger partial charge < -0.3 is 15.5 Å². The van der Waals surface area contributed by atoms with Crippen LogP contribution in [0.1, 0.15) is 16.5 Å². The number of non-ortho nitro benzene ring substituents is 1. The van der Waals surface area contributed by atoms with E-state index in [1.165, 1.54) is 29.5 Å². The number of nitro groups is 1. The molecule has 112 valence electrons. The van der Waals surface area contributed by atoms with Crippen molar-refractivity contribution in [2.45, 2.75) is 12.6 Å². The first kappa shape index (κ1) is 15.7. The lowest BCUT2D eigenvalue weighted by Gasteiger charge is -2.11. The average Bonchev–Trinajstić information content (AvgIpc) is 2.87. The first-order valence-electron chi connectivity index (χ1n) is 6.07. The van der Waals surface area contributed by atoms with Crippen molar-refractivity contribution >= 4 is 28.6 Å². The Labute approximate surface area is 129 Å². The summed E-state index contributed by atoms with van der Waals surface area (Å²) in [5, 5.41) is 33.2. The molecule has 1 heterocycles. The summed E-state index contributed by atoms with van der Waals surface area (Å²) >= 11 is 7.08. The van der Waals surface area contributed by atoms with E-state index < -0.39 is 11.0 Å². The normalized spacial score (nSPS) is 12.3. The quantitative estimate of drug-likeness (QED) is 0.560. The summed E-state index contributed by atoms with van der Waals surface area (Å²) < 4.78 is 0.598. The van der Waals surface area contributed by atoms with Crippen LogP contribution in [0.5, 0.6) is 5.75 Å². The molecule has 0 aliphatic rings. The highest BCUT2D eigenvalue weighted by Crippen LogP contribution is 2.27. The zero-order valence-electron chi connectivity index (χ0n) is 10.8. The molecule has 0 bridgehead atoms. The van der Waals surface area contributed by atoms with Gasteiger partial charge in [0.1, 0.15) is 11.9 Å². The van der Waals surface area contributed by atoms with Gasteiger partial charge in [0.05, 0.1) is 9.26 Å². The van der Waals surface area contributed by atoms with Crippen LogP contribution in [-0.2, 0) is 6.54 Å². The summed E-state index contributed by atoms with van der Waals surface area (Å²) in [5.41, 5.74) is 0.316. The minimum absolute atomic E-state index is 0.0262. The predicted molar refractivity (Wildman–Crippen MR) is 80.8 cm³/mol. The molecule has 1 aromatic heterocycles. The fourth-order valence-electron chi connectivity index (χ4n) is 1.78. The molecule has 0 radical (unpaired) electrons. The van der Waals surface area contributed by atoms with E-state index in [1.807, 2.05) is 0 Å². The van der Waals surface area contributed by atoms with Crippen LogP contribution >= 0.6 is 22.9 Å². The van der Waals surface area contributed by atoms with Gasteiger partial charge in [-0.3, -0.25) is 10.1 Å². The molecule has 0 saturated carbocycles. The number of nitro benzene ring substituents is 1. The number of halogens is 1. The van der Waals surface area contributed by atoms with Gasteiger partial charge in [-0.25, -0.2) is 0 Å². The van der Waals surface area contributed by atoms with Crippen LogP contribution in [0.2, 0.25) is 4.34 Å². The lowest BCUT2D eigenvalue weighted by atomic mass is 10.1. The lowest BCUT2D eigenvalue weighted by molar-refractivity contribution is -0.384. The van der Waals surface area contributed by atoms with Crippen LogP contribution in [0.3, 0.4) is 0 Å². The second-order valence-corrected chi connectivity index (χ2v) is 6.11. The maximum Gasteiger partial charge on any atom is 0.270 e. The smallest absolute Gasteiger partial charge is 0.270 e. The number of benzene rings is 1. The molecule has 3 N–H and O–H groups in total. The molecule has 0 aliphatic heterocycles. The number of nitrogens with one attached hydrogen (secondary N) is 1. The molecule has 0 aliphatic carbocycles. The number of hydrogen-bond donors (Lipinski definition) is 3. The fourth-order valence-corrected chi connectivity index (χ4v) is 2.83. The Morgan fingerprint density at radius 1 is 1.38 bits per heavy atom. The third-order valence-electron chi connectivity index (χ3n) is 2.85. The van der Waals surface area contributed by atoms with Crippen molar-refractivity contribution in [3.8, 4) is 5.75 Å². The van der Waals surface area contributed by atoms with Gasteiger partial charge in [-0.2, -0.15) is 0 Å². The second-order valence-electron chi connectivity index (χ2n) is 4.36. The van der Waals surface area contributed by atoms with Crippen LogP contribution in [0.25, 0.3) is 0 Å². The summed E-state index contributed by atoms with van der Waals surface area (Å²) in [4.78, 5) is 10.9. The van der Waals surface area contributed by atoms with Gasteiger partial charge in [-0.05, 0) is 18.2 Å². The molecule has 1 unspecified atom stereocenters. The number of aliphatic hydroxyl groups excluding tert-OH is 1. The van der Waals surface area contributed by atoms with E-state index >= 15 is 0 Å². The maximum atomic E-state index is 10.7. The van der Waals surface area contributed by atoms with Crippen molar-refractivity contribution in [1.82, 2.24) is 5.32 Å². The zero-order chi connectivity index (χ0) is 15.4. The van der Waals surface area contributed by atoms with Gasteiger partial charge in [-0.15, -0.1) is 11.3 Å². The van der Waals surface area contributed by atoms with Gasteiger partial charge in [0.25, 0.3) is 5.69 Å². The third-order valence-corrected chi connectivity index (χ3v) is 4.18.